The third kappa shape index (κ3) is 3.01. The predicted octanol–water partition coefficient (Wildman–Crippen LogP) is 4.61. The molecule has 2 N–H and O–H groups in total. The second-order valence-electron chi connectivity index (χ2n) is 7.18. The maximum absolute atomic E-state index is 12.8. The van der Waals surface area contributed by atoms with Crippen molar-refractivity contribution < 1.29 is 9.90 Å². The van der Waals surface area contributed by atoms with E-state index in [1.165, 1.54) is 11.1 Å². The quantitative estimate of drug-likeness (QED) is 0.609. The predicted molar refractivity (Wildman–Crippen MR) is 115 cm³/mol. The first-order valence-electron chi connectivity index (χ1n) is 9.61. The number of aliphatic hydroxyl groups is 1. The first-order valence-corrected chi connectivity index (χ1v) is 9.61. The minimum absolute atomic E-state index is 0.0441. The highest BCUT2D eigenvalue weighted by Crippen LogP contribution is 2.37. The molecule has 0 saturated carbocycles. The number of Topliss-reactive ketones (excluding diaryl/α,β-unsaturated/α-hetero) is 1. The number of carbonyl (C=O) groups excluding carboxylic acids is 1. The van der Waals surface area contributed by atoms with E-state index in [-0.39, 0.29) is 18.2 Å². The zero-order chi connectivity index (χ0) is 19.7. The molecule has 2 heterocycles. The van der Waals surface area contributed by atoms with E-state index in [1.807, 2.05) is 23.6 Å². The summed E-state index contributed by atoms with van der Waals surface area (Å²) in [5, 5.41) is 14.8. The molecule has 0 unspecified atom stereocenters. The average molecular weight is 372 g/mol. The molecular weight excluding hydrogens is 348 g/mol. The maximum atomic E-state index is 12.8. The molecule has 1 aliphatic carbocycles. The fourth-order valence-corrected chi connectivity index (χ4v) is 4.19. The van der Waals surface area contributed by atoms with Crippen LogP contribution in [0.25, 0.3) is 22.4 Å². The van der Waals surface area contributed by atoms with Crippen LogP contribution < -0.4 is 5.32 Å². The molecule has 0 bridgehead atoms. The van der Waals surface area contributed by atoms with Crippen LogP contribution in [0.4, 0.5) is 0 Å². The maximum Gasteiger partial charge on any atom is 0.195 e. The molecule has 2 aliphatic rings. The number of nitrogens with one attached hydrogen (secondary N) is 1. The number of allylic oxidation sites excluding steroid dienone is 6. The molecular formula is C24H24N2O2. The van der Waals surface area contributed by atoms with Crippen molar-refractivity contribution in [3.63, 3.8) is 0 Å². The average Bonchev–Trinajstić information content (AvgIpc) is 3.16. The first kappa shape index (κ1) is 18.1. The van der Waals surface area contributed by atoms with Crippen LogP contribution in [-0.2, 0) is 17.6 Å². The molecule has 0 radical (unpaired) electrons. The lowest BCUT2D eigenvalue weighted by atomic mass is 9.96. The normalized spacial score (nSPS) is 17.0. The van der Waals surface area contributed by atoms with Gasteiger partial charge in [-0.3, -0.25) is 9.36 Å². The molecule has 1 aromatic carbocycles. The molecule has 1 aromatic heterocycles. The van der Waals surface area contributed by atoms with Crippen LogP contribution >= 0.6 is 0 Å². The number of nitrogens with zero attached hydrogens (tertiary/aromatic N) is 1. The molecule has 0 atom stereocenters. The van der Waals surface area contributed by atoms with Gasteiger partial charge in [0.1, 0.15) is 0 Å². The van der Waals surface area contributed by atoms with Crippen LogP contribution in [0, 0.1) is 6.92 Å². The summed E-state index contributed by atoms with van der Waals surface area (Å²) >= 11 is 0. The summed E-state index contributed by atoms with van der Waals surface area (Å²) in [7, 11) is 0. The number of fused-ring (bicyclic) bond motifs is 2. The number of rotatable bonds is 4. The number of hydrogen-bond donors (Lipinski definition) is 2. The van der Waals surface area contributed by atoms with E-state index in [1.54, 1.807) is 30.5 Å². The third-order valence-electron chi connectivity index (χ3n) is 5.45. The lowest BCUT2D eigenvalue weighted by Gasteiger charge is -2.08. The number of aliphatic hydroxyl groups excluding tert-OH is 1. The number of aromatic nitrogens is 1. The number of carbonyl (C=O) groups is 1. The molecule has 4 heteroatoms. The van der Waals surface area contributed by atoms with Gasteiger partial charge >= 0.3 is 0 Å². The van der Waals surface area contributed by atoms with Gasteiger partial charge in [0.15, 0.2) is 11.7 Å². The summed E-state index contributed by atoms with van der Waals surface area (Å²) in [6.07, 6.45) is 15.6. The SMILES string of the molecule is C=C/C=C\C=C(\O)n1c(C)c(C2=CC=CNCC2=O)c2cc3c(cc21)CCC3. The zero-order valence-corrected chi connectivity index (χ0v) is 16.0. The smallest absolute Gasteiger partial charge is 0.195 e. The summed E-state index contributed by atoms with van der Waals surface area (Å²) in [6, 6.07) is 4.38. The van der Waals surface area contributed by atoms with Crippen LogP contribution in [0.1, 0.15) is 28.8 Å². The summed E-state index contributed by atoms with van der Waals surface area (Å²) < 4.78 is 1.84. The number of benzene rings is 1. The van der Waals surface area contributed by atoms with Gasteiger partial charge in [-0.05, 0) is 73.9 Å². The van der Waals surface area contributed by atoms with Crippen LogP contribution in [0.3, 0.4) is 0 Å². The zero-order valence-electron chi connectivity index (χ0n) is 16.0. The van der Waals surface area contributed by atoms with E-state index in [9.17, 15) is 9.90 Å². The molecule has 0 amide bonds. The van der Waals surface area contributed by atoms with Crippen molar-refractivity contribution in [3.8, 4) is 0 Å². The van der Waals surface area contributed by atoms with Gasteiger partial charge in [0.25, 0.3) is 0 Å². The third-order valence-corrected chi connectivity index (χ3v) is 5.45. The van der Waals surface area contributed by atoms with E-state index in [0.717, 1.165) is 41.4 Å². The molecule has 2 aromatic rings. The van der Waals surface area contributed by atoms with Crippen molar-refractivity contribution in [1.82, 2.24) is 9.88 Å². The number of ketones is 1. The second kappa shape index (κ2) is 7.39. The highest BCUT2D eigenvalue weighted by atomic mass is 16.3. The van der Waals surface area contributed by atoms with Crippen molar-refractivity contribution in [2.75, 3.05) is 6.54 Å². The van der Waals surface area contributed by atoms with E-state index < -0.39 is 0 Å². The molecule has 28 heavy (non-hydrogen) atoms. The first-order chi connectivity index (χ1) is 13.6. The highest BCUT2D eigenvalue weighted by molar-refractivity contribution is 6.26. The minimum atomic E-state index is 0.0441. The standard InChI is InChI=1S/C24H24N2O2/c1-3-4-5-11-23(28)26-16(2)24(19-10-7-12-25-15-22(19)27)20-13-17-8-6-9-18(17)14-21(20)26/h3-5,7,10-14,25,28H,1,6,8-9,15H2,2H3/b5-4-,23-11+. The monoisotopic (exact) mass is 372 g/mol. The highest BCUT2D eigenvalue weighted by Gasteiger charge is 2.25. The van der Waals surface area contributed by atoms with Crippen molar-refractivity contribution in [2.45, 2.75) is 26.2 Å². The Morgan fingerprint density at radius 1 is 1.25 bits per heavy atom. The number of hydrogen-bond acceptors (Lipinski definition) is 3. The summed E-state index contributed by atoms with van der Waals surface area (Å²) in [4.78, 5) is 12.8. The Labute approximate surface area is 164 Å². The largest absolute Gasteiger partial charge is 0.494 e. The van der Waals surface area contributed by atoms with Gasteiger partial charge in [-0.25, -0.2) is 0 Å². The van der Waals surface area contributed by atoms with Gasteiger partial charge in [0.2, 0.25) is 0 Å². The Morgan fingerprint density at radius 3 is 2.82 bits per heavy atom. The van der Waals surface area contributed by atoms with Crippen molar-refractivity contribution in [2.24, 2.45) is 0 Å². The molecule has 0 fully saturated rings. The Kier molecular flexibility index (Phi) is 4.78. The van der Waals surface area contributed by atoms with Gasteiger partial charge in [-0.2, -0.15) is 0 Å². The summed E-state index contributed by atoms with van der Waals surface area (Å²) in [6.45, 7) is 5.88. The van der Waals surface area contributed by atoms with Gasteiger partial charge < -0.3 is 10.4 Å². The molecule has 4 rings (SSSR count). The second-order valence-corrected chi connectivity index (χ2v) is 7.18. The summed E-state index contributed by atoms with van der Waals surface area (Å²) in [5.41, 5.74) is 6.04. The van der Waals surface area contributed by atoms with E-state index in [2.05, 4.69) is 24.0 Å². The lowest BCUT2D eigenvalue weighted by molar-refractivity contribution is -0.112. The van der Waals surface area contributed by atoms with Crippen LogP contribution in [0.5, 0.6) is 0 Å². The van der Waals surface area contributed by atoms with Gasteiger partial charge in [-0.15, -0.1) is 0 Å². The fourth-order valence-electron chi connectivity index (χ4n) is 4.19. The Hall–Kier alpha value is -3.27. The van der Waals surface area contributed by atoms with E-state index in [0.29, 0.717) is 5.57 Å². The van der Waals surface area contributed by atoms with Crippen LogP contribution in [0.2, 0.25) is 0 Å². The van der Waals surface area contributed by atoms with Crippen molar-refractivity contribution in [1.29, 1.82) is 0 Å². The molecule has 0 saturated heterocycles. The summed E-state index contributed by atoms with van der Waals surface area (Å²) in [5.74, 6) is 0.169. The lowest BCUT2D eigenvalue weighted by Crippen LogP contribution is -2.17. The molecule has 1 aliphatic heterocycles. The van der Waals surface area contributed by atoms with Crippen LogP contribution in [0.15, 0.2) is 61.4 Å². The Balaban J connectivity index is 2.01. The van der Waals surface area contributed by atoms with Crippen molar-refractivity contribution >= 4 is 28.1 Å². The molecule has 142 valence electrons. The van der Waals surface area contributed by atoms with Gasteiger partial charge in [0.05, 0.1) is 12.1 Å². The van der Waals surface area contributed by atoms with Gasteiger partial charge in [0, 0.05) is 22.2 Å². The minimum Gasteiger partial charge on any atom is -0.494 e. The Morgan fingerprint density at radius 2 is 2.04 bits per heavy atom. The van der Waals surface area contributed by atoms with Crippen molar-refractivity contribution in [3.05, 3.63) is 83.8 Å². The molecule has 4 nitrogen and oxygen atoms in total. The van der Waals surface area contributed by atoms with E-state index in [4.69, 9.17) is 0 Å². The van der Waals surface area contributed by atoms with E-state index >= 15 is 0 Å². The number of aryl methyl sites for hydroxylation is 2. The Bertz CT molecular complexity index is 1090. The fraction of sp³-hybridized carbons (Fsp3) is 0.208. The van der Waals surface area contributed by atoms with Crippen LogP contribution in [-0.4, -0.2) is 22.0 Å². The topological polar surface area (TPSA) is 54.3 Å². The van der Waals surface area contributed by atoms with Gasteiger partial charge in [-0.1, -0.05) is 24.8 Å². The molecule has 0 spiro atoms.